The molecule has 1 saturated carbocycles. The zero-order chi connectivity index (χ0) is 15.4. The summed E-state index contributed by atoms with van der Waals surface area (Å²) in [6, 6.07) is 7.88. The largest absolute Gasteiger partial charge is 0.497 e. The van der Waals surface area contributed by atoms with Gasteiger partial charge in [-0.25, -0.2) is 0 Å². The second kappa shape index (κ2) is 7.42. The predicted octanol–water partition coefficient (Wildman–Crippen LogP) is 4.91. The second-order valence-electron chi connectivity index (χ2n) is 5.44. The van der Waals surface area contributed by atoms with Crippen LogP contribution in [0.1, 0.15) is 31.2 Å². The van der Waals surface area contributed by atoms with Gasteiger partial charge >= 0.3 is 0 Å². The zero-order valence-electron chi connectivity index (χ0n) is 12.8. The lowest BCUT2D eigenvalue weighted by Crippen LogP contribution is -2.14. The van der Waals surface area contributed by atoms with E-state index in [-0.39, 0.29) is 5.78 Å². The van der Waals surface area contributed by atoms with Gasteiger partial charge in [0.05, 0.1) is 7.11 Å². The van der Waals surface area contributed by atoms with Crippen LogP contribution >= 0.6 is 23.5 Å². The topological polar surface area (TPSA) is 26.3 Å². The Balaban J connectivity index is 1.83. The first kappa shape index (κ1) is 15.8. The molecule has 0 radical (unpaired) electrons. The highest BCUT2D eigenvalue weighted by atomic mass is 32.2. The molecule has 1 heterocycles. The molecule has 116 valence electrons. The third-order valence-corrected chi connectivity index (χ3v) is 6.61. The molecule has 0 bridgehead atoms. The molecule has 22 heavy (non-hydrogen) atoms. The van der Waals surface area contributed by atoms with Crippen molar-refractivity contribution in [3.8, 4) is 5.75 Å². The van der Waals surface area contributed by atoms with E-state index in [1.165, 1.54) is 10.7 Å². The van der Waals surface area contributed by atoms with Gasteiger partial charge in [-0.2, -0.15) is 0 Å². The molecule has 2 aliphatic rings. The minimum Gasteiger partial charge on any atom is -0.497 e. The van der Waals surface area contributed by atoms with Crippen LogP contribution in [0.25, 0.3) is 6.08 Å². The Labute approximate surface area is 140 Å². The summed E-state index contributed by atoms with van der Waals surface area (Å²) in [6.07, 6.45) is 6.19. The summed E-state index contributed by atoms with van der Waals surface area (Å²) in [5.74, 6) is 3.40. The van der Waals surface area contributed by atoms with Gasteiger partial charge in [0, 0.05) is 15.4 Å². The summed E-state index contributed by atoms with van der Waals surface area (Å²) in [6.45, 7) is 0. The third kappa shape index (κ3) is 3.61. The van der Waals surface area contributed by atoms with Crippen LogP contribution in [0, 0.1) is 0 Å². The van der Waals surface area contributed by atoms with E-state index in [2.05, 4.69) is 0 Å². The van der Waals surface area contributed by atoms with Gasteiger partial charge in [0.15, 0.2) is 5.78 Å². The van der Waals surface area contributed by atoms with Crippen molar-refractivity contribution in [3.63, 3.8) is 0 Å². The number of rotatable bonds is 2. The van der Waals surface area contributed by atoms with Crippen molar-refractivity contribution in [2.24, 2.45) is 0 Å². The Bertz CT molecular complexity index is 606. The third-order valence-electron chi connectivity index (χ3n) is 3.90. The highest BCUT2D eigenvalue weighted by Crippen LogP contribution is 2.41. The van der Waals surface area contributed by atoms with Crippen molar-refractivity contribution in [3.05, 3.63) is 45.2 Å². The molecule has 1 aliphatic heterocycles. The van der Waals surface area contributed by atoms with Crippen molar-refractivity contribution in [1.29, 1.82) is 0 Å². The van der Waals surface area contributed by atoms with E-state index in [1.54, 1.807) is 7.11 Å². The lowest BCUT2D eigenvalue weighted by Gasteiger charge is -2.22. The van der Waals surface area contributed by atoms with Gasteiger partial charge in [0.1, 0.15) is 5.75 Å². The standard InChI is InChI=1S/C18H20O2S2/c1-20-15-8-6-13(7-9-15)12-14-4-2-5-16(17(14)19)18-21-10-3-11-22-18/h6-9,12H,2-5,10-11H2,1H3. The number of hydrogen-bond donors (Lipinski definition) is 0. The van der Waals surface area contributed by atoms with E-state index >= 15 is 0 Å². The monoisotopic (exact) mass is 332 g/mol. The summed E-state index contributed by atoms with van der Waals surface area (Å²) in [7, 11) is 1.66. The first-order valence-electron chi connectivity index (χ1n) is 7.66. The van der Waals surface area contributed by atoms with Gasteiger partial charge in [0.2, 0.25) is 0 Å². The molecule has 2 nitrogen and oxygen atoms in total. The molecule has 2 fully saturated rings. The lowest BCUT2D eigenvalue weighted by molar-refractivity contribution is -0.112. The average Bonchev–Trinajstić information content (AvgIpc) is 2.58. The highest BCUT2D eigenvalue weighted by Gasteiger charge is 2.25. The van der Waals surface area contributed by atoms with Crippen molar-refractivity contribution in [2.45, 2.75) is 25.7 Å². The quantitative estimate of drug-likeness (QED) is 0.719. The molecule has 3 rings (SSSR count). The minimum absolute atomic E-state index is 0.263. The molecule has 1 saturated heterocycles. The van der Waals surface area contributed by atoms with Crippen molar-refractivity contribution < 1.29 is 9.53 Å². The van der Waals surface area contributed by atoms with Gasteiger partial charge in [-0.3, -0.25) is 4.79 Å². The molecule has 1 aliphatic carbocycles. The van der Waals surface area contributed by atoms with Crippen LogP contribution in [0.5, 0.6) is 5.75 Å². The highest BCUT2D eigenvalue weighted by molar-refractivity contribution is 8.22. The Morgan fingerprint density at radius 3 is 2.45 bits per heavy atom. The SMILES string of the molecule is COc1ccc(C=C2CCCC(=C3SCCCS3)C2=O)cc1. The average molecular weight is 332 g/mol. The minimum atomic E-state index is 0.263. The smallest absolute Gasteiger partial charge is 0.186 e. The molecule has 0 amide bonds. The van der Waals surface area contributed by atoms with Gasteiger partial charge < -0.3 is 4.74 Å². The molecule has 0 aromatic heterocycles. The number of ketones is 1. The fourth-order valence-electron chi connectivity index (χ4n) is 2.71. The van der Waals surface area contributed by atoms with Crippen LogP contribution in [0.2, 0.25) is 0 Å². The van der Waals surface area contributed by atoms with E-state index < -0.39 is 0 Å². The maximum atomic E-state index is 12.8. The van der Waals surface area contributed by atoms with Crippen molar-refractivity contribution >= 4 is 35.4 Å². The molecule has 0 N–H and O–H groups in total. The molecule has 1 aromatic rings. The number of allylic oxidation sites excluding steroid dienone is 2. The van der Waals surface area contributed by atoms with Gasteiger partial charge in [-0.15, -0.1) is 23.5 Å². The Kier molecular flexibility index (Phi) is 5.32. The summed E-state index contributed by atoms with van der Waals surface area (Å²) in [5.41, 5.74) is 3.07. The molecular weight excluding hydrogens is 312 g/mol. The van der Waals surface area contributed by atoms with Crippen molar-refractivity contribution in [1.82, 2.24) is 0 Å². The first-order chi connectivity index (χ1) is 10.8. The summed E-state index contributed by atoms with van der Waals surface area (Å²) >= 11 is 3.73. The summed E-state index contributed by atoms with van der Waals surface area (Å²) in [5, 5.41) is 0. The number of thioether (sulfide) groups is 2. The maximum absolute atomic E-state index is 12.8. The molecule has 1 aromatic carbocycles. The van der Waals surface area contributed by atoms with E-state index in [0.29, 0.717) is 0 Å². The molecule has 0 unspecified atom stereocenters. The van der Waals surface area contributed by atoms with Gasteiger partial charge in [0.25, 0.3) is 0 Å². The van der Waals surface area contributed by atoms with Gasteiger partial charge in [-0.1, -0.05) is 12.1 Å². The number of carbonyl (C=O) groups excluding carboxylic acids is 1. The van der Waals surface area contributed by atoms with Crippen LogP contribution in [0.15, 0.2) is 39.6 Å². The van der Waals surface area contributed by atoms with Crippen LogP contribution in [-0.2, 0) is 4.79 Å². The fourth-order valence-corrected chi connectivity index (χ4v) is 5.42. The van der Waals surface area contributed by atoms with Crippen LogP contribution in [-0.4, -0.2) is 24.4 Å². The number of ether oxygens (including phenoxy) is 1. The Hall–Kier alpha value is -1.13. The summed E-state index contributed by atoms with van der Waals surface area (Å²) < 4.78 is 6.45. The molecular formula is C18H20O2S2. The van der Waals surface area contributed by atoms with E-state index in [1.807, 2.05) is 53.9 Å². The van der Waals surface area contributed by atoms with Gasteiger partial charge in [-0.05, 0) is 61.0 Å². The zero-order valence-corrected chi connectivity index (χ0v) is 14.4. The Morgan fingerprint density at radius 1 is 1.05 bits per heavy atom. The first-order valence-corrected chi connectivity index (χ1v) is 9.63. The fraction of sp³-hybridized carbons (Fsp3) is 0.389. The normalized spacial score (nSPS) is 21.3. The predicted molar refractivity (Wildman–Crippen MR) is 96.4 cm³/mol. The lowest BCUT2D eigenvalue weighted by atomic mass is 9.88. The van der Waals surface area contributed by atoms with E-state index in [0.717, 1.165) is 53.2 Å². The van der Waals surface area contributed by atoms with Crippen molar-refractivity contribution in [2.75, 3.05) is 18.6 Å². The van der Waals surface area contributed by atoms with Crippen LogP contribution in [0.3, 0.4) is 0 Å². The van der Waals surface area contributed by atoms with Crippen LogP contribution in [0.4, 0.5) is 0 Å². The maximum Gasteiger partial charge on any atom is 0.186 e. The van der Waals surface area contributed by atoms with E-state index in [4.69, 9.17) is 4.74 Å². The molecule has 0 spiro atoms. The number of methoxy groups -OCH3 is 1. The second-order valence-corrected chi connectivity index (χ2v) is 7.91. The van der Waals surface area contributed by atoms with Crippen LogP contribution < -0.4 is 4.74 Å². The Morgan fingerprint density at radius 2 is 1.77 bits per heavy atom. The summed E-state index contributed by atoms with van der Waals surface area (Å²) in [4.78, 5) is 12.8. The molecule has 0 atom stereocenters. The number of benzene rings is 1. The molecule has 4 heteroatoms. The number of Topliss-reactive ketones (excluding diaryl/α,β-unsaturated/α-hetero) is 1. The number of carbonyl (C=O) groups is 1. The van der Waals surface area contributed by atoms with E-state index in [9.17, 15) is 4.79 Å². The number of hydrogen-bond acceptors (Lipinski definition) is 4.